The topological polar surface area (TPSA) is 63.1 Å². The van der Waals surface area contributed by atoms with Crippen molar-refractivity contribution in [2.45, 2.75) is 25.9 Å². The molecule has 0 unspecified atom stereocenters. The Morgan fingerprint density at radius 2 is 2.35 bits per heavy atom. The van der Waals surface area contributed by atoms with Crippen molar-refractivity contribution in [3.8, 4) is 0 Å². The van der Waals surface area contributed by atoms with Gasteiger partial charge in [-0.25, -0.2) is 0 Å². The largest absolute Gasteiger partial charge is 0.338 e. The fraction of sp³-hybridized carbons (Fsp3) is 0.727. The summed E-state index contributed by atoms with van der Waals surface area (Å²) in [7, 11) is 1.84. The van der Waals surface area contributed by atoms with Gasteiger partial charge in [-0.2, -0.15) is 0 Å². The molecule has 0 radical (unpaired) electrons. The lowest BCUT2D eigenvalue weighted by Crippen LogP contribution is -2.51. The molecule has 3 rings (SSSR count). The minimum Gasteiger partial charge on any atom is -0.338 e. The first-order valence-corrected chi connectivity index (χ1v) is 6.12. The van der Waals surface area contributed by atoms with Crippen molar-refractivity contribution in [1.29, 1.82) is 0 Å². The quantitative estimate of drug-likeness (QED) is 0.760. The van der Waals surface area contributed by atoms with E-state index in [1.54, 1.807) is 4.90 Å². The maximum absolute atomic E-state index is 12.0. The van der Waals surface area contributed by atoms with Crippen LogP contribution in [-0.4, -0.2) is 45.7 Å². The first-order chi connectivity index (χ1) is 8.25. The van der Waals surface area contributed by atoms with Gasteiger partial charge < -0.3 is 14.8 Å². The smallest absolute Gasteiger partial charge is 0.228 e. The van der Waals surface area contributed by atoms with E-state index in [4.69, 9.17) is 0 Å². The summed E-state index contributed by atoms with van der Waals surface area (Å²) >= 11 is 0. The van der Waals surface area contributed by atoms with Gasteiger partial charge in [-0.15, -0.1) is 10.2 Å². The normalized spacial score (nSPS) is 18.9. The monoisotopic (exact) mass is 235 g/mol. The van der Waals surface area contributed by atoms with Crippen molar-refractivity contribution < 1.29 is 4.79 Å². The van der Waals surface area contributed by atoms with Crippen LogP contribution in [0.2, 0.25) is 0 Å². The Labute approximate surface area is 100 Å². The predicted octanol–water partition coefficient (Wildman–Crippen LogP) is -0.598. The standard InChI is InChI=1S/C11H17N5O/c1-15(11(17)8-5-12-6-8)7-10-14-13-9-3-2-4-16(9)10/h8,12H,2-7H2,1H3. The highest BCUT2D eigenvalue weighted by Crippen LogP contribution is 2.16. The van der Waals surface area contributed by atoms with Crippen LogP contribution in [0.4, 0.5) is 0 Å². The molecule has 2 aliphatic heterocycles. The second kappa shape index (κ2) is 4.10. The summed E-state index contributed by atoms with van der Waals surface area (Å²) in [6.45, 7) is 3.18. The molecule has 1 amide bonds. The minimum atomic E-state index is 0.154. The number of carbonyl (C=O) groups excluding carboxylic acids is 1. The van der Waals surface area contributed by atoms with E-state index in [-0.39, 0.29) is 11.8 Å². The average molecular weight is 235 g/mol. The Morgan fingerprint density at radius 1 is 1.53 bits per heavy atom. The molecule has 6 nitrogen and oxygen atoms in total. The minimum absolute atomic E-state index is 0.154. The third-order valence-corrected chi connectivity index (χ3v) is 3.57. The molecule has 92 valence electrons. The number of hydrogen-bond acceptors (Lipinski definition) is 4. The SMILES string of the molecule is CN(Cc1nnc2n1CCC2)C(=O)C1CNC1. The van der Waals surface area contributed by atoms with Crippen molar-refractivity contribution in [1.82, 2.24) is 25.0 Å². The molecule has 2 aliphatic rings. The van der Waals surface area contributed by atoms with Crippen LogP contribution in [-0.2, 0) is 24.3 Å². The molecule has 0 aromatic carbocycles. The van der Waals surface area contributed by atoms with E-state index in [2.05, 4.69) is 20.1 Å². The van der Waals surface area contributed by atoms with Crippen LogP contribution in [0.3, 0.4) is 0 Å². The van der Waals surface area contributed by atoms with Gasteiger partial charge in [-0.05, 0) is 6.42 Å². The van der Waals surface area contributed by atoms with Gasteiger partial charge in [0.05, 0.1) is 12.5 Å². The summed E-state index contributed by atoms with van der Waals surface area (Å²) in [6.07, 6.45) is 2.15. The highest BCUT2D eigenvalue weighted by Gasteiger charge is 2.28. The third-order valence-electron chi connectivity index (χ3n) is 3.57. The second-order valence-electron chi connectivity index (χ2n) is 4.84. The molecule has 1 aromatic heterocycles. The van der Waals surface area contributed by atoms with Gasteiger partial charge >= 0.3 is 0 Å². The molecule has 3 heterocycles. The molecule has 0 bridgehead atoms. The summed E-state index contributed by atoms with van der Waals surface area (Å²) in [6, 6.07) is 0. The lowest BCUT2D eigenvalue weighted by atomic mass is 10.0. The fourth-order valence-corrected chi connectivity index (χ4v) is 2.39. The number of nitrogens with zero attached hydrogens (tertiary/aromatic N) is 4. The van der Waals surface area contributed by atoms with Crippen LogP contribution < -0.4 is 5.32 Å². The molecular formula is C11H17N5O. The Kier molecular flexibility index (Phi) is 2.58. The zero-order valence-corrected chi connectivity index (χ0v) is 10.0. The van der Waals surface area contributed by atoms with Crippen LogP contribution in [0.25, 0.3) is 0 Å². The number of amides is 1. The fourth-order valence-electron chi connectivity index (χ4n) is 2.39. The summed E-state index contributed by atoms with van der Waals surface area (Å²) in [4.78, 5) is 13.7. The zero-order valence-electron chi connectivity index (χ0n) is 10.0. The van der Waals surface area contributed by atoms with Gasteiger partial charge in [0.2, 0.25) is 5.91 Å². The summed E-state index contributed by atoms with van der Waals surface area (Å²) in [5.74, 6) is 2.34. The number of nitrogens with one attached hydrogen (secondary N) is 1. The van der Waals surface area contributed by atoms with Gasteiger partial charge in [0, 0.05) is 33.1 Å². The first-order valence-electron chi connectivity index (χ1n) is 6.12. The summed E-state index contributed by atoms with van der Waals surface area (Å²) in [5.41, 5.74) is 0. The van der Waals surface area contributed by atoms with Gasteiger partial charge in [0.25, 0.3) is 0 Å². The van der Waals surface area contributed by atoms with Crippen molar-refractivity contribution in [3.63, 3.8) is 0 Å². The lowest BCUT2D eigenvalue weighted by molar-refractivity contribution is -0.136. The molecular weight excluding hydrogens is 218 g/mol. The molecule has 17 heavy (non-hydrogen) atoms. The molecule has 0 aliphatic carbocycles. The summed E-state index contributed by atoms with van der Waals surface area (Å²) < 4.78 is 2.14. The highest BCUT2D eigenvalue weighted by molar-refractivity contribution is 5.79. The zero-order chi connectivity index (χ0) is 11.8. The predicted molar refractivity (Wildman–Crippen MR) is 61.2 cm³/mol. The molecule has 6 heteroatoms. The van der Waals surface area contributed by atoms with E-state index < -0.39 is 0 Å². The molecule has 0 atom stereocenters. The Balaban J connectivity index is 1.67. The Hall–Kier alpha value is -1.43. The first kappa shape index (κ1) is 10.7. The van der Waals surface area contributed by atoms with E-state index in [1.807, 2.05) is 7.05 Å². The van der Waals surface area contributed by atoms with Gasteiger partial charge in [-0.1, -0.05) is 0 Å². The van der Waals surface area contributed by atoms with Crippen LogP contribution in [0.15, 0.2) is 0 Å². The molecule has 1 N–H and O–H groups in total. The van der Waals surface area contributed by atoms with Gasteiger partial charge in [-0.3, -0.25) is 4.79 Å². The Morgan fingerprint density at radius 3 is 3.06 bits per heavy atom. The number of aryl methyl sites for hydroxylation is 1. The van der Waals surface area contributed by atoms with E-state index in [1.165, 1.54) is 0 Å². The van der Waals surface area contributed by atoms with E-state index in [0.29, 0.717) is 6.54 Å². The number of fused-ring (bicyclic) bond motifs is 1. The molecule has 0 saturated carbocycles. The second-order valence-corrected chi connectivity index (χ2v) is 4.84. The number of hydrogen-bond donors (Lipinski definition) is 1. The van der Waals surface area contributed by atoms with Gasteiger partial charge in [0.1, 0.15) is 5.82 Å². The number of carbonyl (C=O) groups is 1. The lowest BCUT2D eigenvalue weighted by Gasteiger charge is -2.30. The maximum atomic E-state index is 12.0. The maximum Gasteiger partial charge on any atom is 0.228 e. The van der Waals surface area contributed by atoms with Crippen LogP contribution in [0.1, 0.15) is 18.1 Å². The van der Waals surface area contributed by atoms with Crippen LogP contribution >= 0.6 is 0 Å². The van der Waals surface area contributed by atoms with E-state index in [0.717, 1.165) is 44.1 Å². The molecule has 1 aromatic rings. The van der Waals surface area contributed by atoms with Crippen molar-refractivity contribution >= 4 is 5.91 Å². The van der Waals surface area contributed by atoms with Crippen LogP contribution in [0, 0.1) is 5.92 Å². The highest BCUT2D eigenvalue weighted by atomic mass is 16.2. The Bertz CT molecular complexity index is 437. The number of aromatic nitrogens is 3. The average Bonchev–Trinajstić information content (AvgIpc) is 2.79. The third kappa shape index (κ3) is 1.82. The van der Waals surface area contributed by atoms with Crippen LogP contribution in [0.5, 0.6) is 0 Å². The molecule has 0 spiro atoms. The number of rotatable bonds is 3. The van der Waals surface area contributed by atoms with Crippen molar-refractivity contribution in [2.75, 3.05) is 20.1 Å². The summed E-state index contributed by atoms with van der Waals surface area (Å²) in [5, 5.41) is 11.4. The molecule has 1 saturated heterocycles. The molecule has 1 fully saturated rings. The van der Waals surface area contributed by atoms with Crippen molar-refractivity contribution in [3.05, 3.63) is 11.6 Å². The van der Waals surface area contributed by atoms with E-state index in [9.17, 15) is 4.79 Å². The van der Waals surface area contributed by atoms with Crippen molar-refractivity contribution in [2.24, 2.45) is 5.92 Å². The van der Waals surface area contributed by atoms with E-state index >= 15 is 0 Å². The van der Waals surface area contributed by atoms with Gasteiger partial charge in [0.15, 0.2) is 5.82 Å².